The normalized spacial score (nSPS) is 28.7. The molecule has 2 saturated carbocycles. The number of esters is 1. The lowest BCUT2D eigenvalue weighted by molar-refractivity contribution is -0.147. The SMILES string of the molecule is COC(=O)[C@@]12C[C@@H]1[C@H](C)[C@H](O[Si](c1ccccc1)(c1ccccc1)C(C)(C)C)C2. The quantitative estimate of drug-likeness (QED) is 0.551. The van der Waals surface area contributed by atoms with Crippen molar-refractivity contribution < 1.29 is 14.0 Å². The van der Waals surface area contributed by atoms with Gasteiger partial charge in [0.1, 0.15) is 0 Å². The van der Waals surface area contributed by atoms with Crippen molar-refractivity contribution in [3.8, 4) is 0 Å². The van der Waals surface area contributed by atoms with Crippen molar-refractivity contribution in [1.82, 2.24) is 0 Å². The zero-order chi connectivity index (χ0) is 20.9. The summed E-state index contributed by atoms with van der Waals surface area (Å²) in [6.45, 7) is 9.16. The summed E-state index contributed by atoms with van der Waals surface area (Å²) in [6, 6.07) is 21.5. The number of hydrogen-bond donors (Lipinski definition) is 0. The smallest absolute Gasteiger partial charge is 0.312 e. The fourth-order valence-electron chi connectivity index (χ4n) is 5.65. The van der Waals surface area contributed by atoms with Gasteiger partial charge in [-0.2, -0.15) is 0 Å². The molecule has 0 saturated heterocycles. The van der Waals surface area contributed by atoms with Gasteiger partial charge in [-0.3, -0.25) is 4.79 Å². The van der Waals surface area contributed by atoms with Crippen LogP contribution in [0.15, 0.2) is 60.7 Å². The largest absolute Gasteiger partial charge is 0.469 e. The van der Waals surface area contributed by atoms with E-state index in [9.17, 15) is 4.79 Å². The van der Waals surface area contributed by atoms with Gasteiger partial charge in [0, 0.05) is 6.10 Å². The summed E-state index contributed by atoms with van der Waals surface area (Å²) < 4.78 is 12.5. The van der Waals surface area contributed by atoms with Crippen molar-refractivity contribution in [2.75, 3.05) is 7.11 Å². The summed E-state index contributed by atoms with van der Waals surface area (Å²) in [4.78, 5) is 12.5. The minimum Gasteiger partial charge on any atom is -0.469 e. The van der Waals surface area contributed by atoms with E-state index < -0.39 is 8.32 Å². The third kappa shape index (κ3) is 3.08. The van der Waals surface area contributed by atoms with Gasteiger partial charge in [-0.15, -0.1) is 0 Å². The topological polar surface area (TPSA) is 35.5 Å². The third-order valence-electron chi connectivity index (χ3n) is 7.26. The molecule has 4 atom stereocenters. The molecule has 2 aromatic rings. The van der Waals surface area contributed by atoms with E-state index in [2.05, 4.69) is 88.4 Å². The van der Waals surface area contributed by atoms with Gasteiger partial charge in [-0.25, -0.2) is 0 Å². The number of benzene rings is 2. The number of fused-ring (bicyclic) bond motifs is 1. The van der Waals surface area contributed by atoms with Crippen molar-refractivity contribution in [3.63, 3.8) is 0 Å². The van der Waals surface area contributed by atoms with E-state index in [0.717, 1.165) is 12.8 Å². The first-order valence-corrected chi connectivity index (χ1v) is 12.5. The molecular formula is C25H32O3Si. The first kappa shape index (κ1) is 20.4. The molecule has 0 bridgehead atoms. The maximum atomic E-state index is 12.5. The van der Waals surface area contributed by atoms with E-state index in [1.165, 1.54) is 17.5 Å². The molecule has 0 heterocycles. The summed E-state index contributed by atoms with van der Waals surface area (Å²) in [5, 5.41) is 2.53. The van der Waals surface area contributed by atoms with E-state index in [0.29, 0.717) is 11.8 Å². The Balaban J connectivity index is 1.79. The van der Waals surface area contributed by atoms with E-state index >= 15 is 0 Å². The maximum Gasteiger partial charge on any atom is 0.312 e. The van der Waals surface area contributed by atoms with Gasteiger partial charge in [0.15, 0.2) is 0 Å². The van der Waals surface area contributed by atoms with Gasteiger partial charge in [0.25, 0.3) is 8.32 Å². The van der Waals surface area contributed by atoms with Crippen LogP contribution in [0.3, 0.4) is 0 Å². The Bertz CT molecular complexity index is 834. The fourth-order valence-corrected chi connectivity index (χ4v) is 10.4. The van der Waals surface area contributed by atoms with Crippen LogP contribution in [-0.4, -0.2) is 27.5 Å². The second-order valence-corrected chi connectivity index (χ2v) is 14.1. The molecule has 0 N–H and O–H groups in total. The molecule has 0 unspecified atom stereocenters. The fraction of sp³-hybridized carbons (Fsp3) is 0.480. The highest BCUT2D eigenvalue weighted by Gasteiger charge is 2.70. The number of carbonyl (C=O) groups excluding carboxylic acids is 1. The van der Waals surface area contributed by atoms with Gasteiger partial charge in [-0.1, -0.05) is 88.4 Å². The minimum absolute atomic E-state index is 0.0529. The highest BCUT2D eigenvalue weighted by atomic mass is 28.4. The van der Waals surface area contributed by atoms with Crippen LogP contribution >= 0.6 is 0 Å². The van der Waals surface area contributed by atoms with E-state index in [1.54, 1.807) is 0 Å². The first-order chi connectivity index (χ1) is 13.8. The van der Waals surface area contributed by atoms with Crippen LogP contribution < -0.4 is 10.4 Å². The molecule has 4 heteroatoms. The molecule has 3 nitrogen and oxygen atoms in total. The Morgan fingerprint density at radius 3 is 1.93 bits per heavy atom. The van der Waals surface area contributed by atoms with Crippen LogP contribution in [0.25, 0.3) is 0 Å². The molecule has 154 valence electrons. The van der Waals surface area contributed by atoms with Crippen molar-refractivity contribution in [2.24, 2.45) is 17.3 Å². The number of carbonyl (C=O) groups is 1. The van der Waals surface area contributed by atoms with Crippen molar-refractivity contribution in [3.05, 3.63) is 60.7 Å². The number of methoxy groups -OCH3 is 1. The molecule has 2 aromatic carbocycles. The molecule has 29 heavy (non-hydrogen) atoms. The number of hydrogen-bond acceptors (Lipinski definition) is 3. The van der Waals surface area contributed by atoms with Crippen LogP contribution in [0.4, 0.5) is 0 Å². The lowest BCUT2D eigenvalue weighted by atomic mass is 10.0. The minimum atomic E-state index is -2.60. The Labute approximate surface area is 175 Å². The Hall–Kier alpha value is -1.91. The molecule has 0 spiro atoms. The molecule has 0 aromatic heterocycles. The molecule has 0 amide bonds. The average molecular weight is 409 g/mol. The lowest BCUT2D eigenvalue weighted by Gasteiger charge is -2.45. The van der Waals surface area contributed by atoms with E-state index in [4.69, 9.17) is 9.16 Å². The van der Waals surface area contributed by atoms with Crippen LogP contribution in [0.1, 0.15) is 40.5 Å². The second kappa shape index (κ2) is 7.10. The average Bonchev–Trinajstić information content (AvgIpc) is 3.39. The zero-order valence-corrected chi connectivity index (χ0v) is 19.1. The zero-order valence-electron chi connectivity index (χ0n) is 18.1. The molecule has 4 rings (SSSR count). The molecule has 2 fully saturated rings. The van der Waals surface area contributed by atoms with Gasteiger partial charge < -0.3 is 9.16 Å². The summed E-state index contributed by atoms with van der Waals surface area (Å²) >= 11 is 0. The van der Waals surface area contributed by atoms with Crippen LogP contribution in [-0.2, 0) is 14.0 Å². The van der Waals surface area contributed by atoms with Crippen molar-refractivity contribution in [2.45, 2.75) is 51.7 Å². The van der Waals surface area contributed by atoms with E-state index in [-0.39, 0.29) is 22.5 Å². The monoisotopic (exact) mass is 408 g/mol. The summed E-state index contributed by atoms with van der Waals surface area (Å²) in [6.07, 6.45) is 1.79. The molecule has 0 aliphatic heterocycles. The number of rotatable bonds is 5. The molecular weight excluding hydrogens is 376 g/mol. The molecule has 0 radical (unpaired) electrons. The van der Waals surface area contributed by atoms with Gasteiger partial charge in [0.2, 0.25) is 0 Å². The maximum absolute atomic E-state index is 12.5. The number of ether oxygens (including phenoxy) is 1. The predicted molar refractivity (Wildman–Crippen MR) is 119 cm³/mol. The van der Waals surface area contributed by atoms with Crippen molar-refractivity contribution in [1.29, 1.82) is 0 Å². The van der Waals surface area contributed by atoms with Crippen LogP contribution in [0.5, 0.6) is 0 Å². The van der Waals surface area contributed by atoms with E-state index in [1.807, 2.05) is 0 Å². The first-order valence-electron chi connectivity index (χ1n) is 10.6. The Morgan fingerprint density at radius 1 is 0.966 bits per heavy atom. The highest BCUT2D eigenvalue weighted by Crippen LogP contribution is 2.67. The summed E-state index contributed by atoms with van der Waals surface area (Å²) in [7, 11) is -1.09. The van der Waals surface area contributed by atoms with Crippen LogP contribution in [0, 0.1) is 17.3 Å². The lowest BCUT2D eigenvalue weighted by Crippen LogP contribution is -2.68. The van der Waals surface area contributed by atoms with Gasteiger partial charge in [-0.05, 0) is 40.1 Å². The van der Waals surface area contributed by atoms with Crippen LogP contribution in [0.2, 0.25) is 5.04 Å². The molecule has 2 aliphatic rings. The molecule has 2 aliphatic carbocycles. The standard InChI is InChI=1S/C25H32O3Si/c1-18-21-16-25(21,23(26)27-5)17-22(18)28-29(24(2,3)4,19-12-8-6-9-13-19)20-14-10-7-11-15-20/h6-15,18,21-22H,16-17H2,1-5H3/t18-,21+,22+,25+/m0/s1. The Morgan fingerprint density at radius 2 is 1.48 bits per heavy atom. The second-order valence-electron chi connectivity index (χ2n) is 9.84. The van der Waals surface area contributed by atoms with Gasteiger partial charge >= 0.3 is 5.97 Å². The summed E-state index contributed by atoms with van der Waals surface area (Å²) in [5.41, 5.74) is -0.315. The van der Waals surface area contributed by atoms with Gasteiger partial charge in [0.05, 0.1) is 12.5 Å². The predicted octanol–water partition coefficient (Wildman–Crippen LogP) is 4.15. The third-order valence-corrected chi connectivity index (χ3v) is 12.3. The highest BCUT2D eigenvalue weighted by molar-refractivity contribution is 6.99. The van der Waals surface area contributed by atoms with Crippen molar-refractivity contribution >= 4 is 24.7 Å². The Kier molecular flexibility index (Phi) is 4.99. The summed E-state index contributed by atoms with van der Waals surface area (Å²) in [5.74, 6) is 0.691.